The molecule has 0 rings (SSSR count). The van der Waals surface area contributed by atoms with Crippen LogP contribution in [0.25, 0.3) is 0 Å². The van der Waals surface area contributed by atoms with Crippen molar-refractivity contribution in [2.24, 2.45) is 31.9 Å². The first-order valence-electron chi connectivity index (χ1n) is 3.66. The molecule has 15 heavy (non-hydrogen) atoms. The van der Waals surface area contributed by atoms with Crippen LogP contribution in [0.5, 0.6) is 0 Å². The van der Waals surface area contributed by atoms with Crippen LogP contribution in [0.2, 0.25) is 0 Å². The van der Waals surface area contributed by atoms with Gasteiger partial charge >= 0.3 is 17.1 Å². The van der Waals surface area contributed by atoms with Crippen LogP contribution in [0.15, 0.2) is 20.4 Å². The monoisotopic (exact) mass is 292 g/mol. The Morgan fingerprint density at radius 3 is 2.07 bits per heavy atom. The summed E-state index contributed by atoms with van der Waals surface area (Å²) in [4.78, 5) is 0. The van der Waals surface area contributed by atoms with Gasteiger partial charge in [-0.1, -0.05) is 6.92 Å². The van der Waals surface area contributed by atoms with E-state index >= 15 is 0 Å². The van der Waals surface area contributed by atoms with Crippen LogP contribution in [0.4, 0.5) is 0 Å². The third-order valence-corrected chi connectivity index (χ3v) is 1.17. The zero-order chi connectivity index (χ0) is 11.0. The van der Waals surface area contributed by atoms with E-state index in [1.807, 2.05) is 6.92 Å². The number of nitrogens with zero attached hydrogens (tertiary/aromatic N) is 4. The summed E-state index contributed by atoms with van der Waals surface area (Å²) in [5, 5.41) is 14.2. The third kappa shape index (κ3) is 11.2. The van der Waals surface area contributed by atoms with Crippen LogP contribution < -0.4 is 11.5 Å². The van der Waals surface area contributed by atoms with Crippen molar-refractivity contribution < 1.29 is 17.1 Å². The molecule has 0 bridgehead atoms. The van der Waals surface area contributed by atoms with Crippen LogP contribution in [-0.2, 0) is 42.3 Å². The standard InChI is InChI=1S/C6H12N6S2.Cu/c1-2-4(10-12-6(8)14)3-9-11-5(7)13;/h3H,2H2,1H3,(H3,7,11,13)(H3,8,12,14);/q;+2/p-2/b9-3+,10-4+;/i;1-2. The molecular weight excluding hydrogens is 282 g/mol. The molecule has 0 aromatic rings. The van der Waals surface area contributed by atoms with E-state index < -0.39 is 0 Å². The molecule has 0 unspecified atom stereocenters. The minimum absolute atomic E-state index is 0. The number of nitrogens with two attached hydrogens (primary N) is 2. The van der Waals surface area contributed by atoms with Crippen molar-refractivity contribution in [3.63, 3.8) is 0 Å². The number of hydrogen-bond acceptors (Lipinski definition) is 6. The maximum Gasteiger partial charge on any atom is 2.00 e. The molecule has 0 spiro atoms. The van der Waals surface area contributed by atoms with Gasteiger partial charge in [0.25, 0.3) is 0 Å². The van der Waals surface area contributed by atoms with E-state index in [4.69, 9.17) is 11.5 Å². The van der Waals surface area contributed by atoms with Gasteiger partial charge in [-0.05, 0) is 16.8 Å². The van der Waals surface area contributed by atoms with Gasteiger partial charge in [-0.2, -0.15) is 20.4 Å². The predicted molar refractivity (Wildman–Crippen MR) is 64.2 cm³/mol. The van der Waals surface area contributed by atoms with E-state index in [9.17, 15) is 0 Å². The van der Waals surface area contributed by atoms with Gasteiger partial charge in [0, 0.05) is 0 Å². The molecule has 0 heterocycles. The molecule has 0 aliphatic carbocycles. The Hall–Kier alpha value is -0.761. The average molecular weight is 292 g/mol. The molecule has 1 radical (unpaired) electrons. The molecule has 0 atom stereocenters. The summed E-state index contributed by atoms with van der Waals surface area (Å²) < 4.78 is 0. The van der Waals surface area contributed by atoms with E-state index in [0.29, 0.717) is 12.1 Å². The Morgan fingerprint density at radius 2 is 1.67 bits per heavy atom. The molecule has 4 N–H and O–H groups in total. The third-order valence-electron chi connectivity index (χ3n) is 1.00. The molecule has 0 amide bonds. The zero-order valence-corrected chi connectivity index (χ0v) is 10.4. The van der Waals surface area contributed by atoms with Crippen molar-refractivity contribution in [2.75, 3.05) is 0 Å². The molecule has 0 aromatic heterocycles. The Bertz CT molecular complexity index is 290. The molecule has 0 fully saturated rings. The number of hydrogen-bond donors (Lipinski definition) is 2. The van der Waals surface area contributed by atoms with E-state index in [0.717, 1.165) is 0 Å². The van der Waals surface area contributed by atoms with Crippen LogP contribution in [0, 0.1) is 0 Å². The molecule has 0 aliphatic rings. The molecule has 0 saturated carbocycles. The van der Waals surface area contributed by atoms with Crippen LogP contribution in [-0.4, -0.2) is 22.3 Å². The Morgan fingerprint density at radius 1 is 1.13 bits per heavy atom. The van der Waals surface area contributed by atoms with Gasteiger partial charge in [-0.25, -0.2) is 0 Å². The van der Waals surface area contributed by atoms with Gasteiger partial charge in [0.05, 0.1) is 11.9 Å². The minimum atomic E-state index is -0.0389. The summed E-state index contributed by atoms with van der Waals surface area (Å²) in [5.41, 5.74) is 10.8. The van der Waals surface area contributed by atoms with Crippen molar-refractivity contribution in [1.82, 2.24) is 0 Å². The largest absolute Gasteiger partial charge is 2.00 e. The van der Waals surface area contributed by atoms with Crippen LogP contribution in [0.1, 0.15) is 13.3 Å². The quantitative estimate of drug-likeness (QED) is 0.239. The van der Waals surface area contributed by atoms with Gasteiger partial charge in [-0.15, -0.1) is 0 Å². The van der Waals surface area contributed by atoms with E-state index in [1.54, 1.807) is 0 Å². The topological polar surface area (TPSA) is 101 Å². The Balaban J connectivity index is 0. The molecule has 87 valence electrons. The predicted octanol–water partition coefficient (Wildman–Crippen LogP) is -0.541. The maximum absolute atomic E-state index is 5.12. The van der Waals surface area contributed by atoms with E-state index in [2.05, 4.69) is 45.7 Å². The van der Waals surface area contributed by atoms with Crippen LogP contribution >= 0.6 is 0 Å². The molecule has 0 aliphatic heterocycles. The first-order chi connectivity index (χ1) is 6.56. The second-order valence-electron chi connectivity index (χ2n) is 2.07. The first kappa shape index (κ1) is 16.7. The van der Waals surface area contributed by atoms with E-state index in [-0.39, 0.29) is 27.4 Å². The molecule has 9 heteroatoms. The van der Waals surface area contributed by atoms with Crippen molar-refractivity contribution >= 4 is 47.5 Å². The summed E-state index contributed by atoms with van der Waals surface area (Å²) in [7, 11) is 0. The van der Waals surface area contributed by atoms with Crippen molar-refractivity contribution in [2.45, 2.75) is 13.3 Å². The van der Waals surface area contributed by atoms with Crippen molar-refractivity contribution in [1.29, 1.82) is 0 Å². The second-order valence-corrected chi connectivity index (χ2v) is 2.90. The molecular formula is C6H10CuN6S2. The minimum Gasteiger partial charge on any atom is -0.741 e. The summed E-state index contributed by atoms with van der Waals surface area (Å²) in [6.07, 6.45) is 2.02. The second kappa shape index (κ2) is 9.78. The average Bonchev–Trinajstić information content (AvgIpc) is 2.10. The fourth-order valence-corrected chi connectivity index (χ4v) is 0.542. The fraction of sp³-hybridized carbons (Fsp3) is 0.333. The van der Waals surface area contributed by atoms with Crippen molar-refractivity contribution in [3.05, 3.63) is 0 Å². The smallest absolute Gasteiger partial charge is 0.741 e. The Labute approximate surface area is 110 Å². The zero-order valence-electron chi connectivity index (χ0n) is 7.85. The first-order valence-corrected chi connectivity index (χ1v) is 4.48. The molecule has 0 aromatic carbocycles. The SMILES string of the molecule is CCC(/C=N/N=C(/N)[S-])=N\N=C(\N)[S-].[62Cu+2]. The number of rotatable bonds is 4. The summed E-state index contributed by atoms with van der Waals surface area (Å²) in [6, 6.07) is 0. The summed E-state index contributed by atoms with van der Waals surface area (Å²) >= 11 is 8.99. The Kier molecular flexibility index (Phi) is 10.9. The van der Waals surface area contributed by atoms with Gasteiger partial charge in [0.2, 0.25) is 0 Å². The molecule has 6 nitrogen and oxygen atoms in total. The van der Waals surface area contributed by atoms with Gasteiger partial charge in [0.1, 0.15) is 0 Å². The number of amidine groups is 2. The van der Waals surface area contributed by atoms with Gasteiger partial charge in [-0.3, -0.25) is 0 Å². The normalized spacial score (nSPS) is 14.1. The summed E-state index contributed by atoms with van der Waals surface area (Å²) in [5.74, 6) is 0. The molecule has 0 saturated heterocycles. The van der Waals surface area contributed by atoms with Gasteiger partial charge < -0.3 is 36.7 Å². The van der Waals surface area contributed by atoms with Crippen molar-refractivity contribution in [3.8, 4) is 0 Å². The van der Waals surface area contributed by atoms with Crippen LogP contribution in [0.3, 0.4) is 0 Å². The fourth-order valence-electron chi connectivity index (χ4n) is 0.454. The van der Waals surface area contributed by atoms with Gasteiger partial charge in [0.15, 0.2) is 0 Å². The maximum atomic E-state index is 5.12. The summed E-state index contributed by atoms with van der Waals surface area (Å²) in [6.45, 7) is 1.88. The van der Waals surface area contributed by atoms with E-state index in [1.165, 1.54) is 6.21 Å².